The van der Waals surface area contributed by atoms with Gasteiger partial charge in [0.1, 0.15) is 23.4 Å². The third-order valence-corrected chi connectivity index (χ3v) is 5.49. The Kier molecular flexibility index (Phi) is 6.40. The van der Waals surface area contributed by atoms with Gasteiger partial charge in [-0.25, -0.2) is 12.8 Å². The third-order valence-electron chi connectivity index (χ3n) is 3.18. The molecule has 0 aliphatic carbocycles. The molecule has 0 amide bonds. The van der Waals surface area contributed by atoms with Crippen molar-refractivity contribution in [2.45, 2.75) is 24.5 Å². The number of hydrogen-bond donors (Lipinski definition) is 1. The first-order chi connectivity index (χ1) is 11.7. The quantitative estimate of drug-likeness (QED) is 0.745. The molecule has 0 saturated carbocycles. The second-order valence-corrected chi connectivity index (χ2v) is 7.63. The van der Waals surface area contributed by atoms with Crippen molar-refractivity contribution in [3.05, 3.63) is 63.9 Å². The molecule has 1 atom stereocenters. The van der Waals surface area contributed by atoms with Crippen LogP contribution in [0.1, 0.15) is 12.5 Å². The Morgan fingerprint density at radius 3 is 2.52 bits per heavy atom. The number of benzene rings is 2. The van der Waals surface area contributed by atoms with Crippen molar-refractivity contribution >= 4 is 39.2 Å². The first-order valence-electron chi connectivity index (χ1n) is 7.08. The van der Waals surface area contributed by atoms with Gasteiger partial charge >= 0.3 is 5.97 Å². The Bertz CT molecular complexity index is 889. The lowest BCUT2D eigenvalue weighted by molar-refractivity contribution is -0.146. The van der Waals surface area contributed by atoms with Gasteiger partial charge in [-0.15, -0.1) is 0 Å². The lowest BCUT2D eigenvalue weighted by atomic mass is 10.2. The molecule has 0 saturated heterocycles. The van der Waals surface area contributed by atoms with Crippen LogP contribution < -0.4 is 4.72 Å². The summed E-state index contributed by atoms with van der Waals surface area (Å²) < 4.78 is 45.0. The smallest absolute Gasteiger partial charge is 0.324 e. The molecule has 9 heteroatoms. The zero-order valence-corrected chi connectivity index (χ0v) is 15.3. The minimum Gasteiger partial charge on any atom is -0.460 e. The molecular formula is C16H14Cl2FNO4S. The summed E-state index contributed by atoms with van der Waals surface area (Å²) >= 11 is 11.7. The first kappa shape index (κ1) is 19.7. The largest absolute Gasteiger partial charge is 0.460 e. The second-order valence-electron chi connectivity index (χ2n) is 5.13. The Hall–Kier alpha value is -1.67. The van der Waals surface area contributed by atoms with E-state index >= 15 is 0 Å². The number of ether oxygens (including phenoxy) is 1. The van der Waals surface area contributed by atoms with E-state index in [1.54, 1.807) is 12.1 Å². The highest BCUT2D eigenvalue weighted by atomic mass is 35.5. The van der Waals surface area contributed by atoms with Crippen LogP contribution in [-0.2, 0) is 26.2 Å². The van der Waals surface area contributed by atoms with E-state index in [9.17, 15) is 17.6 Å². The van der Waals surface area contributed by atoms with Crippen LogP contribution in [0.25, 0.3) is 0 Å². The maximum Gasteiger partial charge on any atom is 0.324 e. The fourth-order valence-corrected chi connectivity index (χ4v) is 3.51. The van der Waals surface area contributed by atoms with E-state index in [1.807, 2.05) is 0 Å². The minimum atomic E-state index is -4.19. The summed E-state index contributed by atoms with van der Waals surface area (Å²) in [6.45, 7) is 1.19. The van der Waals surface area contributed by atoms with Gasteiger partial charge in [0, 0.05) is 0 Å². The molecule has 0 heterocycles. The molecule has 1 N–H and O–H groups in total. The van der Waals surface area contributed by atoms with Crippen LogP contribution in [0.5, 0.6) is 0 Å². The molecule has 25 heavy (non-hydrogen) atoms. The predicted octanol–water partition coefficient (Wildman–Crippen LogP) is 3.54. The zero-order chi connectivity index (χ0) is 18.6. The summed E-state index contributed by atoms with van der Waals surface area (Å²) in [6, 6.07) is 8.37. The standard InChI is InChI=1S/C16H14Cl2FNO4S/c1-10(20-25(22,23)15-5-3-2-4-14(15)19)16(21)24-9-11-6-7-12(17)13(18)8-11/h2-8,10,20H,9H2,1H3/t10-/m0/s1. The molecule has 0 radical (unpaired) electrons. The SMILES string of the molecule is C[C@H](NS(=O)(=O)c1ccccc1F)C(=O)OCc1ccc(Cl)c(Cl)c1. The number of halogens is 3. The van der Waals surface area contributed by atoms with E-state index in [1.165, 1.54) is 25.1 Å². The molecule has 0 bridgehead atoms. The summed E-state index contributed by atoms with van der Waals surface area (Å²) in [7, 11) is -4.19. The molecule has 0 spiro atoms. The van der Waals surface area contributed by atoms with Gasteiger partial charge in [0.15, 0.2) is 0 Å². The lowest BCUT2D eigenvalue weighted by Crippen LogP contribution is -2.39. The monoisotopic (exact) mass is 405 g/mol. The summed E-state index contributed by atoms with van der Waals surface area (Å²) in [5.74, 6) is -1.72. The van der Waals surface area contributed by atoms with Crippen molar-refractivity contribution in [3.63, 3.8) is 0 Å². The van der Waals surface area contributed by atoms with Crippen molar-refractivity contribution in [1.82, 2.24) is 4.72 Å². The number of sulfonamides is 1. The second kappa shape index (κ2) is 8.14. The van der Waals surface area contributed by atoms with E-state index in [0.29, 0.717) is 15.6 Å². The molecule has 5 nitrogen and oxygen atoms in total. The first-order valence-corrected chi connectivity index (χ1v) is 9.32. The molecule has 0 aromatic heterocycles. The Balaban J connectivity index is 2.00. The van der Waals surface area contributed by atoms with Gasteiger partial charge in [0.25, 0.3) is 0 Å². The van der Waals surface area contributed by atoms with E-state index < -0.39 is 32.7 Å². The van der Waals surface area contributed by atoms with E-state index in [-0.39, 0.29) is 6.61 Å². The highest BCUT2D eigenvalue weighted by Gasteiger charge is 2.25. The van der Waals surface area contributed by atoms with Crippen molar-refractivity contribution in [2.24, 2.45) is 0 Å². The van der Waals surface area contributed by atoms with E-state index in [4.69, 9.17) is 27.9 Å². The number of hydrogen-bond acceptors (Lipinski definition) is 4. The van der Waals surface area contributed by atoms with E-state index in [0.717, 1.165) is 12.1 Å². The van der Waals surface area contributed by atoms with Crippen molar-refractivity contribution in [1.29, 1.82) is 0 Å². The molecule has 0 fully saturated rings. The normalized spacial score (nSPS) is 12.6. The van der Waals surface area contributed by atoms with Crippen LogP contribution in [0.4, 0.5) is 4.39 Å². The van der Waals surface area contributed by atoms with E-state index in [2.05, 4.69) is 4.72 Å². The van der Waals surface area contributed by atoms with Gasteiger partial charge in [-0.05, 0) is 36.8 Å². The Labute approximate surface area is 154 Å². The molecule has 2 aromatic rings. The fourth-order valence-electron chi connectivity index (χ4n) is 1.92. The number of nitrogens with one attached hydrogen (secondary N) is 1. The van der Waals surface area contributed by atoms with Crippen molar-refractivity contribution < 1.29 is 22.3 Å². The molecule has 0 aliphatic heterocycles. The Morgan fingerprint density at radius 1 is 1.20 bits per heavy atom. The average molecular weight is 406 g/mol. The van der Waals surface area contributed by atoms with Crippen LogP contribution in [0.2, 0.25) is 10.0 Å². The molecule has 2 aromatic carbocycles. The highest BCUT2D eigenvalue weighted by molar-refractivity contribution is 7.89. The van der Waals surface area contributed by atoms with Gasteiger partial charge < -0.3 is 4.74 Å². The molecule has 0 aliphatic rings. The van der Waals surface area contributed by atoms with Crippen LogP contribution >= 0.6 is 23.2 Å². The van der Waals surface area contributed by atoms with Gasteiger partial charge in [0.2, 0.25) is 10.0 Å². The zero-order valence-electron chi connectivity index (χ0n) is 13.0. The number of carbonyl (C=O) groups is 1. The van der Waals surface area contributed by atoms with Crippen LogP contribution in [0, 0.1) is 5.82 Å². The van der Waals surface area contributed by atoms with Crippen molar-refractivity contribution in [3.8, 4) is 0 Å². The fraction of sp³-hybridized carbons (Fsp3) is 0.188. The Morgan fingerprint density at radius 2 is 1.88 bits per heavy atom. The summed E-state index contributed by atoms with van der Waals surface area (Å²) in [6.07, 6.45) is 0. The maximum atomic E-state index is 13.6. The molecule has 134 valence electrons. The summed E-state index contributed by atoms with van der Waals surface area (Å²) in [4.78, 5) is 11.4. The molecular weight excluding hydrogens is 392 g/mol. The van der Waals surface area contributed by atoms with Gasteiger partial charge in [-0.2, -0.15) is 4.72 Å². The van der Waals surface area contributed by atoms with Gasteiger partial charge in [0.05, 0.1) is 10.0 Å². The lowest BCUT2D eigenvalue weighted by Gasteiger charge is -2.14. The third kappa shape index (κ3) is 5.15. The summed E-state index contributed by atoms with van der Waals surface area (Å²) in [5.41, 5.74) is 0.590. The predicted molar refractivity (Wildman–Crippen MR) is 92.4 cm³/mol. The highest BCUT2D eigenvalue weighted by Crippen LogP contribution is 2.23. The van der Waals surface area contributed by atoms with Crippen LogP contribution in [-0.4, -0.2) is 20.4 Å². The topological polar surface area (TPSA) is 72.5 Å². The summed E-state index contributed by atoms with van der Waals surface area (Å²) in [5, 5.41) is 0.672. The number of carbonyl (C=O) groups excluding carboxylic acids is 1. The maximum absolute atomic E-state index is 13.6. The van der Waals surface area contributed by atoms with Crippen LogP contribution in [0.15, 0.2) is 47.4 Å². The van der Waals surface area contributed by atoms with Gasteiger partial charge in [-0.1, -0.05) is 41.4 Å². The minimum absolute atomic E-state index is 0.110. The van der Waals surface area contributed by atoms with Crippen LogP contribution in [0.3, 0.4) is 0 Å². The van der Waals surface area contributed by atoms with Crippen molar-refractivity contribution in [2.75, 3.05) is 0 Å². The molecule has 0 unspecified atom stereocenters. The molecule has 2 rings (SSSR count). The van der Waals surface area contributed by atoms with Gasteiger partial charge in [-0.3, -0.25) is 4.79 Å². The number of rotatable bonds is 6. The number of esters is 1. The average Bonchev–Trinajstić information content (AvgIpc) is 2.55.